The van der Waals surface area contributed by atoms with Crippen LogP contribution >= 0.6 is 0 Å². The number of amides is 1. The maximum atomic E-state index is 12.4. The molecule has 3 rings (SSSR count). The van der Waals surface area contributed by atoms with Crippen molar-refractivity contribution in [1.29, 1.82) is 0 Å². The molecule has 2 fully saturated rings. The Bertz CT molecular complexity index is 498. The molecule has 22 heavy (non-hydrogen) atoms. The average Bonchev–Trinajstić information content (AvgIpc) is 2.92. The van der Waals surface area contributed by atoms with E-state index >= 15 is 0 Å². The van der Waals surface area contributed by atoms with Gasteiger partial charge in [-0.2, -0.15) is 0 Å². The molecule has 0 aromatic carbocycles. The molecule has 2 saturated heterocycles. The third-order valence-corrected chi connectivity index (χ3v) is 4.66. The van der Waals surface area contributed by atoms with E-state index in [1.807, 2.05) is 30.0 Å². The summed E-state index contributed by atoms with van der Waals surface area (Å²) in [6, 6.07) is 5.68. The van der Waals surface area contributed by atoms with E-state index in [0.717, 1.165) is 44.7 Å². The highest BCUT2D eigenvalue weighted by Crippen LogP contribution is 2.37. The van der Waals surface area contributed by atoms with Gasteiger partial charge in [0.1, 0.15) is 0 Å². The van der Waals surface area contributed by atoms with Crippen LogP contribution in [-0.2, 0) is 20.7 Å². The molecule has 1 aromatic heterocycles. The molecule has 1 aromatic rings. The minimum absolute atomic E-state index is 0.0678. The van der Waals surface area contributed by atoms with Gasteiger partial charge in [0.25, 0.3) is 0 Å². The van der Waals surface area contributed by atoms with Crippen LogP contribution in [0, 0.1) is 0 Å². The number of aromatic nitrogens is 1. The van der Waals surface area contributed by atoms with Crippen molar-refractivity contribution in [3.05, 3.63) is 30.1 Å². The molecule has 5 nitrogen and oxygen atoms in total. The van der Waals surface area contributed by atoms with Gasteiger partial charge in [-0.15, -0.1) is 0 Å². The number of piperidine rings is 1. The zero-order valence-corrected chi connectivity index (χ0v) is 13.2. The average molecular weight is 304 g/mol. The van der Waals surface area contributed by atoms with Crippen molar-refractivity contribution in [2.75, 3.05) is 26.3 Å². The molecule has 1 amide bonds. The Labute approximate surface area is 131 Å². The highest BCUT2D eigenvalue weighted by molar-refractivity contribution is 5.78. The third kappa shape index (κ3) is 3.47. The Kier molecular flexibility index (Phi) is 4.74. The van der Waals surface area contributed by atoms with Crippen molar-refractivity contribution in [3.8, 4) is 0 Å². The van der Waals surface area contributed by atoms with Crippen molar-refractivity contribution in [3.63, 3.8) is 0 Å². The van der Waals surface area contributed by atoms with Gasteiger partial charge < -0.3 is 14.4 Å². The predicted molar refractivity (Wildman–Crippen MR) is 82.5 cm³/mol. The Morgan fingerprint density at radius 1 is 1.45 bits per heavy atom. The van der Waals surface area contributed by atoms with Crippen LogP contribution in [-0.4, -0.2) is 53.8 Å². The Morgan fingerprint density at radius 2 is 2.27 bits per heavy atom. The lowest BCUT2D eigenvalue weighted by atomic mass is 9.88. The second-order valence-corrected chi connectivity index (χ2v) is 6.15. The van der Waals surface area contributed by atoms with Crippen molar-refractivity contribution in [2.24, 2.45) is 0 Å². The first kappa shape index (κ1) is 15.4. The Hall–Kier alpha value is -1.46. The summed E-state index contributed by atoms with van der Waals surface area (Å²) >= 11 is 0. The molecular weight excluding hydrogens is 280 g/mol. The largest absolute Gasteiger partial charge is 0.376 e. The lowest BCUT2D eigenvalue weighted by molar-refractivity contribution is -0.135. The number of hydrogen-bond acceptors (Lipinski definition) is 4. The molecule has 1 spiro atoms. The minimum Gasteiger partial charge on any atom is -0.376 e. The maximum Gasteiger partial charge on any atom is 0.228 e. The predicted octanol–water partition coefficient (Wildman–Crippen LogP) is 1.81. The fraction of sp³-hybridized carbons (Fsp3) is 0.647. The molecular formula is C17H24N2O3. The quantitative estimate of drug-likeness (QED) is 0.851. The summed E-state index contributed by atoms with van der Waals surface area (Å²) in [7, 11) is 0. The van der Waals surface area contributed by atoms with Crippen molar-refractivity contribution >= 4 is 5.91 Å². The second kappa shape index (κ2) is 6.75. The summed E-state index contributed by atoms with van der Waals surface area (Å²) in [5, 5.41) is 0. The van der Waals surface area contributed by atoms with Crippen LogP contribution in [0.4, 0.5) is 0 Å². The number of ether oxygens (including phenoxy) is 2. The van der Waals surface area contributed by atoms with Crippen LogP contribution < -0.4 is 0 Å². The first-order valence-corrected chi connectivity index (χ1v) is 8.14. The van der Waals surface area contributed by atoms with Gasteiger partial charge in [-0.05, 0) is 31.9 Å². The molecule has 120 valence electrons. The van der Waals surface area contributed by atoms with Gasteiger partial charge in [-0.25, -0.2) is 0 Å². The van der Waals surface area contributed by atoms with Crippen molar-refractivity contribution in [2.45, 2.75) is 44.3 Å². The summed E-state index contributed by atoms with van der Waals surface area (Å²) in [4.78, 5) is 18.5. The number of rotatable bonds is 4. The molecule has 0 saturated carbocycles. The van der Waals surface area contributed by atoms with Crippen LogP contribution in [0.15, 0.2) is 24.4 Å². The van der Waals surface area contributed by atoms with Gasteiger partial charge in [0.2, 0.25) is 5.91 Å². The fourth-order valence-electron chi connectivity index (χ4n) is 3.43. The molecule has 1 atom stereocenters. The SMILES string of the molecule is CCOC1COC2(CCN(C(=O)Cc3ccccn3)CC2)C1. The van der Waals surface area contributed by atoms with Crippen LogP contribution in [0.2, 0.25) is 0 Å². The Morgan fingerprint density at radius 3 is 2.95 bits per heavy atom. The monoisotopic (exact) mass is 304 g/mol. The van der Waals surface area contributed by atoms with E-state index in [0.29, 0.717) is 13.0 Å². The fourth-order valence-corrected chi connectivity index (χ4v) is 3.43. The van der Waals surface area contributed by atoms with Crippen molar-refractivity contribution < 1.29 is 14.3 Å². The summed E-state index contributed by atoms with van der Waals surface area (Å²) in [5.74, 6) is 0.160. The van der Waals surface area contributed by atoms with E-state index in [9.17, 15) is 4.79 Å². The highest BCUT2D eigenvalue weighted by Gasteiger charge is 2.43. The zero-order valence-electron chi connectivity index (χ0n) is 13.2. The topological polar surface area (TPSA) is 51.7 Å². The first-order valence-electron chi connectivity index (χ1n) is 8.14. The van der Waals surface area contributed by atoms with Gasteiger partial charge in [-0.3, -0.25) is 9.78 Å². The summed E-state index contributed by atoms with van der Waals surface area (Å²) in [6.45, 7) is 4.98. The molecule has 2 aliphatic heterocycles. The smallest absolute Gasteiger partial charge is 0.228 e. The van der Waals surface area contributed by atoms with Crippen LogP contribution in [0.1, 0.15) is 31.9 Å². The van der Waals surface area contributed by atoms with Crippen molar-refractivity contribution in [1.82, 2.24) is 9.88 Å². The molecule has 0 bridgehead atoms. The molecule has 0 aliphatic carbocycles. The summed E-state index contributed by atoms with van der Waals surface area (Å²) in [5.41, 5.74) is 0.767. The number of pyridine rings is 1. The van der Waals surface area contributed by atoms with Gasteiger partial charge >= 0.3 is 0 Å². The molecule has 0 N–H and O–H groups in total. The number of hydrogen-bond donors (Lipinski definition) is 0. The normalized spacial score (nSPS) is 23.9. The van der Waals surface area contributed by atoms with Gasteiger partial charge in [0.15, 0.2) is 0 Å². The number of carbonyl (C=O) groups excluding carboxylic acids is 1. The van der Waals surface area contributed by atoms with E-state index < -0.39 is 0 Å². The summed E-state index contributed by atoms with van der Waals surface area (Å²) in [6.07, 6.45) is 5.11. The van der Waals surface area contributed by atoms with E-state index in [1.54, 1.807) is 6.20 Å². The van der Waals surface area contributed by atoms with Crippen LogP contribution in [0.25, 0.3) is 0 Å². The number of carbonyl (C=O) groups is 1. The minimum atomic E-state index is -0.0678. The highest BCUT2D eigenvalue weighted by atomic mass is 16.6. The van der Waals surface area contributed by atoms with Gasteiger partial charge in [-0.1, -0.05) is 6.07 Å². The molecule has 2 aliphatic rings. The third-order valence-electron chi connectivity index (χ3n) is 4.66. The van der Waals surface area contributed by atoms with E-state index in [4.69, 9.17) is 9.47 Å². The molecule has 3 heterocycles. The molecule has 1 unspecified atom stereocenters. The lowest BCUT2D eigenvalue weighted by Gasteiger charge is -2.38. The lowest BCUT2D eigenvalue weighted by Crippen LogP contribution is -2.47. The Balaban J connectivity index is 1.50. The van der Waals surface area contributed by atoms with Crippen LogP contribution in [0.5, 0.6) is 0 Å². The number of likely N-dealkylation sites (tertiary alicyclic amines) is 1. The molecule has 5 heteroatoms. The van der Waals surface area contributed by atoms with E-state index in [2.05, 4.69) is 4.98 Å². The standard InChI is InChI=1S/C17H24N2O3/c1-2-21-15-12-17(22-13-15)6-9-19(10-7-17)16(20)11-14-5-3-4-8-18-14/h3-5,8,15H,2,6-7,9-13H2,1H3. The van der Waals surface area contributed by atoms with E-state index in [1.165, 1.54) is 0 Å². The van der Waals surface area contributed by atoms with Crippen LogP contribution in [0.3, 0.4) is 0 Å². The number of nitrogens with zero attached hydrogens (tertiary/aromatic N) is 2. The zero-order chi connectivity index (χ0) is 15.4. The van der Waals surface area contributed by atoms with Gasteiger partial charge in [0, 0.05) is 38.0 Å². The van der Waals surface area contributed by atoms with E-state index in [-0.39, 0.29) is 17.6 Å². The second-order valence-electron chi connectivity index (χ2n) is 6.15. The molecule has 0 radical (unpaired) electrons. The maximum absolute atomic E-state index is 12.4. The summed E-state index contributed by atoms with van der Waals surface area (Å²) < 4.78 is 11.7. The van der Waals surface area contributed by atoms with Gasteiger partial charge in [0.05, 0.1) is 24.7 Å². The first-order chi connectivity index (χ1) is 10.7.